The molecule has 5 nitrogen and oxygen atoms in total. The fourth-order valence-corrected chi connectivity index (χ4v) is 2.83. The number of nitrogens with zero attached hydrogens (tertiary/aromatic N) is 2. The number of rotatable bonds is 3. The van der Waals surface area contributed by atoms with Crippen molar-refractivity contribution in [1.29, 1.82) is 0 Å². The molecule has 1 heterocycles. The molecule has 0 aliphatic carbocycles. The van der Waals surface area contributed by atoms with E-state index in [-0.39, 0.29) is 18.0 Å². The van der Waals surface area contributed by atoms with E-state index in [9.17, 15) is 9.59 Å². The van der Waals surface area contributed by atoms with E-state index >= 15 is 0 Å². The highest BCUT2D eigenvalue weighted by atomic mass is 16.2. The number of aromatic nitrogens is 2. The van der Waals surface area contributed by atoms with Gasteiger partial charge in [-0.05, 0) is 37.1 Å². The molecule has 5 heteroatoms. The van der Waals surface area contributed by atoms with Crippen LogP contribution in [0.1, 0.15) is 22.3 Å². The molecule has 0 aliphatic heterocycles. The molecule has 3 rings (SSSR count). The summed E-state index contributed by atoms with van der Waals surface area (Å²) in [6.45, 7) is 2.02. The van der Waals surface area contributed by atoms with Crippen LogP contribution in [-0.4, -0.2) is 15.0 Å². The van der Waals surface area contributed by atoms with E-state index in [2.05, 4.69) is 6.07 Å². The van der Waals surface area contributed by atoms with Crippen molar-refractivity contribution < 1.29 is 4.79 Å². The highest BCUT2D eigenvalue weighted by Crippen LogP contribution is 2.17. The van der Waals surface area contributed by atoms with E-state index in [4.69, 9.17) is 5.73 Å². The van der Waals surface area contributed by atoms with Gasteiger partial charge < -0.3 is 5.73 Å². The van der Waals surface area contributed by atoms with Gasteiger partial charge in [0.1, 0.15) is 0 Å². The first-order valence-electron chi connectivity index (χ1n) is 7.53. The minimum Gasteiger partial charge on any atom is -0.399 e. The summed E-state index contributed by atoms with van der Waals surface area (Å²) in [5.41, 5.74) is 9.51. The number of fused-ring (bicyclic) bond motifs is 1. The van der Waals surface area contributed by atoms with E-state index in [0.29, 0.717) is 23.1 Å². The summed E-state index contributed by atoms with van der Waals surface area (Å²) in [7, 11) is 1.66. The number of carbonyl (C=O) groups is 1. The summed E-state index contributed by atoms with van der Waals surface area (Å²) in [6, 6.07) is 13.2. The SMILES string of the molecule is Cc1cccc(CCC(=O)n2c(=O)n(C)c3ccc(N)cc32)c1. The van der Waals surface area contributed by atoms with Gasteiger partial charge in [0, 0.05) is 19.2 Å². The van der Waals surface area contributed by atoms with Crippen LogP contribution in [0.25, 0.3) is 11.0 Å². The number of nitrogens with two attached hydrogens (primary N) is 1. The Morgan fingerprint density at radius 1 is 1.13 bits per heavy atom. The Kier molecular flexibility index (Phi) is 3.78. The summed E-state index contributed by atoms with van der Waals surface area (Å²) < 4.78 is 2.70. The molecule has 118 valence electrons. The van der Waals surface area contributed by atoms with Crippen LogP contribution >= 0.6 is 0 Å². The third kappa shape index (κ3) is 2.77. The molecule has 0 amide bonds. The molecule has 0 fully saturated rings. The molecule has 23 heavy (non-hydrogen) atoms. The predicted molar refractivity (Wildman–Crippen MR) is 91.7 cm³/mol. The van der Waals surface area contributed by atoms with Crippen molar-refractivity contribution in [3.63, 3.8) is 0 Å². The zero-order valence-corrected chi connectivity index (χ0v) is 13.2. The van der Waals surface area contributed by atoms with E-state index in [1.165, 1.54) is 9.13 Å². The van der Waals surface area contributed by atoms with Crippen LogP contribution in [0.4, 0.5) is 5.69 Å². The standard InChI is InChI=1S/C18H19N3O2/c1-12-4-3-5-13(10-12)6-9-17(22)21-16-11-14(19)7-8-15(16)20(2)18(21)23/h3-5,7-8,10-11H,6,9,19H2,1-2H3. The minimum absolute atomic E-state index is 0.215. The van der Waals surface area contributed by atoms with Gasteiger partial charge in [-0.3, -0.25) is 9.36 Å². The van der Waals surface area contributed by atoms with Crippen molar-refractivity contribution in [3.8, 4) is 0 Å². The molecule has 0 spiro atoms. The van der Waals surface area contributed by atoms with Gasteiger partial charge in [0.25, 0.3) is 0 Å². The van der Waals surface area contributed by atoms with E-state index in [1.807, 2.05) is 25.1 Å². The second kappa shape index (κ2) is 5.76. The third-order valence-corrected chi connectivity index (χ3v) is 4.04. The summed E-state index contributed by atoms with van der Waals surface area (Å²) in [6.07, 6.45) is 0.878. The number of nitrogen functional groups attached to an aromatic ring is 1. The molecule has 1 aromatic heterocycles. The summed E-state index contributed by atoms with van der Waals surface area (Å²) in [4.78, 5) is 24.9. The summed E-state index contributed by atoms with van der Waals surface area (Å²) in [5, 5.41) is 0. The molecule has 0 unspecified atom stereocenters. The number of anilines is 1. The van der Waals surface area contributed by atoms with Crippen molar-refractivity contribution in [1.82, 2.24) is 9.13 Å². The third-order valence-electron chi connectivity index (χ3n) is 4.04. The van der Waals surface area contributed by atoms with Crippen LogP contribution in [0.2, 0.25) is 0 Å². The van der Waals surface area contributed by atoms with Crippen LogP contribution < -0.4 is 11.4 Å². The number of aryl methyl sites for hydroxylation is 3. The Balaban J connectivity index is 1.93. The summed E-state index contributed by atoms with van der Waals surface area (Å²) >= 11 is 0. The number of benzene rings is 2. The lowest BCUT2D eigenvalue weighted by Crippen LogP contribution is -2.28. The molecule has 0 atom stereocenters. The van der Waals surface area contributed by atoms with Crippen LogP contribution in [-0.2, 0) is 13.5 Å². The number of hydrogen-bond donors (Lipinski definition) is 1. The summed E-state index contributed by atoms with van der Waals surface area (Å²) in [5.74, 6) is -0.215. The molecule has 3 aromatic rings. The molecular weight excluding hydrogens is 290 g/mol. The molecule has 2 N–H and O–H groups in total. The Morgan fingerprint density at radius 2 is 1.91 bits per heavy atom. The number of hydrogen-bond acceptors (Lipinski definition) is 3. The number of carbonyl (C=O) groups excluding carboxylic acids is 1. The van der Waals surface area contributed by atoms with Crippen molar-refractivity contribution in [2.45, 2.75) is 19.8 Å². The molecule has 0 saturated heterocycles. The smallest absolute Gasteiger partial charge is 0.335 e. The van der Waals surface area contributed by atoms with Gasteiger partial charge in [-0.1, -0.05) is 29.8 Å². The average molecular weight is 309 g/mol. The van der Waals surface area contributed by atoms with Crippen molar-refractivity contribution in [2.24, 2.45) is 7.05 Å². The fourth-order valence-electron chi connectivity index (χ4n) is 2.83. The largest absolute Gasteiger partial charge is 0.399 e. The molecule has 0 aliphatic rings. The maximum absolute atomic E-state index is 12.6. The first-order valence-corrected chi connectivity index (χ1v) is 7.53. The van der Waals surface area contributed by atoms with Gasteiger partial charge in [-0.15, -0.1) is 0 Å². The maximum atomic E-state index is 12.6. The lowest BCUT2D eigenvalue weighted by molar-refractivity contribution is 0.0903. The zero-order chi connectivity index (χ0) is 16.6. The van der Waals surface area contributed by atoms with Gasteiger partial charge in [-0.2, -0.15) is 0 Å². The lowest BCUT2D eigenvalue weighted by atomic mass is 10.1. The van der Waals surface area contributed by atoms with Gasteiger partial charge in [-0.25, -0.2) is 9.36 Å². The number of imidazole rings is 1. The van der Waals surface area contributed by atoms with Gasteiger partial charge in [0.05, 0.1) is 11.0 Å². The quantitative estimate of drug-likeness (QED) is 0.756. The zero-order valence-electron chi connectivity index (χ0n) is 13.2. The normalized spacial score (nSPS) is 11.0. The van der Waals surface area contributed by atoms with Gasteiger partial charge in [0.15, 0.2) is 0 Å². The molecule has 0 radical (unpaired) electrons. The molecule has 0 bridgehead atoms. The molecule has 0 saturated carbocycles. The predicted octanol–water partition coefficient (Wildman–Crippen LogP) is 2.50. The van der Waals surface area contributed by atoms with Crippen LogP contribution in [0, 0.1) is 6.92 Å². The van der Waals surface area contributed by atoms with E-state index < -0.39 is 0 Å². The van der Waals surface area contributed by atoms with Crippen LogP contribution in [0.15, 0.2) is 47.3 Å². The Bertz CT molecular complexity index is 951. The minimum atomic E-state index is -0.333. The topological polar surface area (TPSA) is 70.0 Å². The van der Waals surface area contributed by atoms with E-state index in [0.717, 1.165) is 11.1 Å². The van der Waals surface area contributed by atoms with Crippen LogP contribution in [0.5, 0.6) is 0 Å². The first-order chi connectivity index (χ1) is 11.0. The lowest BCUT2D eigenvalue weighted by Gasteiger charge is -2.04. The van der Waals surface area contributed by atoms with Gasteiger partial charge >= 0.3 is 5.69 Å². The maximum Gasteiger partial charge on any atom is 0.335 e. The average Bonchev–Trinajstić information content (AvgIpc) is 2.76. The second-order valence-corrected chi connectivity index (χ2v) is 5.81. The molecule has 2 aromatic carbocycles. The second-order valence-electron chi connectivity index (χ2n) is 5.81. The van der Waals surface area contributed by atoms with E-state index in [1.54, 1.807) is 25.2 Å². The first kappa shape index (κ1) is 15.1. The fraction of sp³-hybridized carbons (Fsp3) is 0.222. The van der Waals surface area contributed by atoms with Crippen LogP contribution in [0.3, 0.4) is 0 Å². The van der Waals surface area contributed by atoms with Crippen molar-refractivity contribution in [2.75, 3.05) is 5.73 Å². The Hall–Kier alpha value is -2.82. The monoisotopic (exact) mass is 309 g/mol. The molecular formula is C18H19N3O2. The van der Waals surface area contributed by atoms with Gasteiger partial charge in [0.2, 0.25) is 5.91 Å². The highest BCUT2D eigenvalue weighted by Gasteiger charge is 2.16. The van der Waals surface area contributed by atoms with Crippen molar-refractivity contribution >= 4 is 22.6 Å². The Morgan fingerprint density at radius 3 is 2.65 bits per heavy atom. The highest BCUT2D eigenvalue weighted by molar-refractivity contribution is 5.91. The van der Waals surface area contributed by atoms with Crippen molar-refractivity contribution in [3.05, 3.63) is 64.1 Å². The Labute approximate surface area is 134 Å².